The lowest BCUT2D eigenvalue weighted by atomic mass is 9.56. The fourth-order valence-corrected chi connectivity index (χ4v) is 6.67. The summed E-state index contributed by atoms with van der Waals surface area (Å²) in [6, 6.07) is 2.07. The van der Waals surface area contributed by atoms with Gasteiger partial charge in [0, 0.05) is 38.9 Å². The molecule has 3 heterocycles. The lowest BCUT2D eigenvalue weighted by molar-refractivity contribution is 0.0938. The van der Waals surface area contributed by atoms with E-state index in [4.69, 9.17) is 0 Å². The molecule has 7 rings (SSSR count). The van der Waals surface area contributed by atoms with E-state index < -0.39 is 11.0 Å². The van der Waals surface area contributed by atoms with Crippen molar-refractivity contribution in [1.82, 2.24) is 24.9 Å². The summed E-state index contributed by atoms with van der Waals surface area (Å²) >= 11 is 0. The van der Waals surface area contributed by atoms with Crippen molar-refractivity contribution >= 4 is 32.9 Å². The van der Waals surface area contributed by atoms with Gasteiger partial charge in [-0.3, -0.25) is 5.10 Å². The number of aromatic amines is 2. The van der Waals surface area contributed by atoms with Crippen molar-refractivity contribution in [3.63, 3.8) is 0 Å². The molecule has 136 valence electrons. The topological polar surface area (TPSA) is 86.5 Å². The molecule has 0 spiro atoms. The van der Waals surface area contributed by atoms with Crippen LogP contribution in [0.5, 0.6) is 0 Å². The molecule has 6 nitrogen and oxygen atoms in total. The Labute approximate surface area is 154 Å². The molecule has 26 heavy (non-hydrogen) atoms. The maximum absolute atomic E-state index is 12.4. The molecule has 1 atom stereocenters. The Bertz CT molecular complexity index is 1010. The van der Waals surface area contributed by atoms with Crippen LogP contribution in [0.25, 0.3) is 21.9 Å². The van der Waals surface area contributed by atoms with Gasteiger partial charge in [-0.1, -0.05) is 0 Å². The highest BCUT2D eigenvalue weighted by Crippen LogP contribution is 2.55. The standard InChI is InChI=1S/C19H23N5OS/c25-26(12-1-2-12)24-19-7-4-18(5-8-19,6-9-19)16-15-13-3-10-20-17(13)21-11-14(15)22-23-16/h3,10-12,22-24H,1-2,4-9H2. The highest BCUT2D eigenvalue weighted by atomic mass is 32.2. The summed E-state index contributed by atoms with van der Waals surface area (Å²) in [5, 5.41) is 9.63. The number of fused-ring (bicyclic) bond motifs is 6. The third kappa shape index (κ3) is 2.10. The zero-order valence-electron chi connectivity index (χ0n) is 14.7. The minimum atomic E-state index is -0.839. The molecule has 4 saturated carbocycles. The smallest absolute Gasteiger partial charge is 0.159 e. The average Bonchev–Trinajstić information content (AvgIpc) is 3.25. The van der Waals surface area contributed by atoms with Crippen LogP contribution in [0.3, 0.4) is 0 Å². The number of nitrogens with zero attached hydrogens (tertiary/aromatic N) is 2. The van der Waals surface area contributed by atoms with Crippen LogP contribution < -0.4 is 4.72 Å². The van der Waals surface area contributed by atoms with E-state index in [1.807, 2.05) is 12.4 Å². The van der Waals surface area contributed by atoms with Crippen LogP contribution in [0.15, 0.2) is 18.5 Å². The van der Waals surface area contributed by atoms with E-state index in [1.54, 1.807) is 0 Å². The van der Waals surface area contributed by atoms with Crippen LogP contribution in [0.4, 0.5) is 0 Å². The van der Waals surface area contributed by atoms with E-state index in [1.165, 1.54) is 11.1 Å². The van der Waals surface area contributed by atoms with Crippen molar-refractivity contribution in [3.05, 3.63) is 24.2 Å². The lowest BCUT2D eigenvalue weighted by Crippen LogP contribution is -2.57. The van der Waals surface area contributed by atoms with E-state index in [2.05, 4.69) is 31.0 Å². The van der Waals surface area contributed by atoms with Gasteiger partial charge in [-0.15, -0.1) is 0 Å². The second kappa shape index (κ2) is 5.16. The molecular weight excluding hydrogens is 346 g/mol. The van der Waals surface area contributed by atoms with E-state index in [0.29, 0.717) is 5.25 Å². The fourth-order valence-electron chi connectivity index (χ4n) is 5.21. The first kappa shape index (κ1) is 15.3. The predicted octanol–water partition coefficient (Wildman–Crippen LogP) is 3.20. The Hall–Kier alpha value is -1.73. The Morgan fingerprint density at radius 2 is 1.85 bits per heavy atom. The predicted molar refractivity (Wildman–Crippen MR) is 102 cm³/mol. The largest absolute Gasteiger partial charge is 0.304 e. The molecular formula is C19H23N5OS. The van der Waals surface area contributed by atoms with Gasteiger partial charge in [-0.25, -0.2) is 18.9 Å². The quantitative estimate of drug-likeness (QED) is 0.660. The summed E-state index contributed by atoms with van der Waals surface area (Å²) in [4.78, 5) is 8.82. The van der Waals surface area contributed by atoms with Gasteiger partial charge < -0.3 is 5.10 Å². The van der Waals surface area contributed by atoms with Crippen LogP contribution in [0, 0.1) is 0 Å². The van der Waals surface area contributed by atoms with Crippen molar-refractivity contribution in [2.45, 2.75) is 67.6 Å². The SMILES string of the molecule is O=S(NC12CCC(c3[nH][nH]c4cnc5nccc5c34)(CC1)CC2)C1CC1. The van der Waals surface area contributed by atoms with Crippen molar-refractivity contribution in [1.29, 1.82) is 0 Å². The molecule has 3 aromatic heterocycles. The average molecular weight is 369 g/mol. The van der Waals surface area contributed by atoms with E-state index in [-0.39, 0.29) is 11.0 Å². The summed E-state index contributed by atoms with van der Waals surface area (Å²) in [7, 11) is -0.839. The van der Waals surface area contributed by atoms with Crippen LogP contribution in [-0.4, -0.2) is 35.2 Å². The summed E-state index contributed by atoms with van der Waals surface area (Å²) < 4.78 is 16.0. The maximum atomic E-state index is 12.4. The van der Waals surface area contributed by atoms with Gasteiger partial charge in [-0.2, -0.15) is 0 Å². The second-order valence-electron chi connectivity index (χ2n) is 8.51. The number of nitrogens with one attached hydrogen (secondary N) is 3. The van der Waals surface area contributed by atoms with Gasteiger partial charge in [-0.05, 0) is 57.4 Å². The molecule has 7 heteroatoms. The summed E-state index contributed by atoms with van der Waals surface area (Å²) in [6.07, 6.45) is 12.7. The second-order valence-corrected chi connectivity index (χ2v) is 9.98. The fraction of sp³-hybridized carbons (Fsp3) is 0.579. The Balaban J connectivity index is 1.36. The van der Waals surface area contributed by atoms with Crippen LogP contribution in [-0.2, 0) is 16.4 Å². The number of hydrogen-bond donors (Lipinski definition) is 3. The highest BCUT2D eigenvalue weighted by Gasteiger charge is 2.52. The Kier molecular flexibility index (Phi) is 3.05. The molecule has 3 aromatic rings. The molecule has 0 amide bonds. The normalized spacial score (nSPS) is 32.5. The van der Waals surface area contributed by atoms with Crippen LogP contribution >= 0.6 is 0 Å². The van der Waals surface area contributed by atoms with E-state index in [9.17, 15) is 4.21 Å². The van der Waals surface area contributed by atoms with Crippen molar-refractivity contribution < 1.29 is 4.21 Å². The molecule has 1 unspecified atom stereocenters. The molecule has 0 saturated heterocycles. The van der Waals surface area contributed by atoms with Gasteiger partial charge in [0.1, 0.15) is 0 Å². The first-order valence-corrected chi connectivity index (χ1v) is 10.9. The van der Waals surface area contributed by atoms with Gasteiger partial charge >= 0.3 is 0 Å². The summed E-state index contributed by atoms with van der Waals surface area (Å²) in [6.45, 7) is 0. The van der Waals surface area contributed by atoms with Gasteiger partial charge in [0.15, 0.2) is 5.65 Å². The number of H-pyrrole nitrogens is 2. The molecule has 0 radical (unpaired) electrons. The molecule has 4 aliphatic rings. The number of aromatic nitrogens is 4. The first-order chi connectivity index (χ1) is 12.7. The number of pyridine rings is 1. The van der Waals surface area contributed by atoms with Crippen LogP contribution in [0.2, 0.25) is 0 Å². The minimum Gasteiger partial charge on any atom is -0.304 e. The van der Waals surface area contributed by atoms with Crippen LogP contribution in [0.1, 0.15) is 57.1 Å². The lowest BCUT2D eigenvalue weighted by Gasteiger charge is -2.53. The van der Waals surface area contributed by atoms with E-state index in [0.717, 1.165) is 67.9 Å². The van der Waals surface area contributed by atoms with Gasteiger partial charge in [0.2, 0.25) is 0 Å². The number of rotatable bonds is 4. The molecule has 0 aromatic carbocycles. The first-order valence-electron chi connectivity index (χ1n) is 9.67. The molecule has 4 aliphatic carbocycles. The monoisotopic (exact) mass is 369 g/mol. The van der Waals surface area contributed by atoms with Gasteiger partial charge in [0.05, 0.1) is 22.7 Å². The number of hydrogen-bond acceptors (Lipinski definition) is 3. The third-order valence-corrected chi connectivity index (χ3v) is 8.74. The zero-order chi connectivity index (χ0) is 17.4. The third-order valence-electron chi connectivity index (χ3n) is 7.03. The molecule has 2 bridgehead atoms. The highest BCUT2D eigenvalue weighted by molar-refractivity contribution is 7.84. The summed E-state index contributed by atoms with van der Waals surface area (Å²) in [5.74, 6) is 0. The molecule has 4 fully saturated rings. The van der Waals surface area contributed by atoms with E-state index >= 15 is 0 Å². The maximum Gasteiger partial charge on any atom is 0.159 e. The molecule has 0 aliphatic heterocycles. The van der Waals surface area contributed by atoms with Crippen molar-refractivity contribution in [3.8, 4) is 0 Å². The zero-order valence-corrected chi connectivity index (χ0v) is 15.5. The minimum absolute atomic E-state index is 0.0973. The summed E-state index contributed by atoms with van der Waals surface area (Å²) in [5.41, 5.74) is 3.49. The van der Waals surface area contributed by atoms with Crippen molar-refractivity contribution in [2.75, 3.05) is 0 Å². The Morgan fingerprint density at radius 3 is 2.58 bits per heavy atom. The molecule has 3 N–H and O–H groups in total. The van der Waals surface area contributed by atoms with Crippen molar-refractivity contribution in [2.24, 2.45) is 0 Å². The Morgan fingerprint density at radius 1 is 1.08 bits per heavy atom. The van der Waals surface area contributed by atoms with Gasteiger partial charge in [0.25, 0.3) is 0 Å².